The highest BCUT2D eigenvalue weighted by atomic mass is 31.2. The second kappa shape index (κ2) is 13.4. The van der Waals surface area contributed by atoms with Crippen molar-refractivity contribution >= 4 is 8.53 Å². The Labute approximate surface area is 131 Å². The van der Waals surface area contributed by atoms with E-state index < -0.39 is 8.53 Å². The molecule has 0 bridgehead atoms. The summed E-state index contributed by atoms with van der Waals surface area (Å²) in [5.41, 5.74) is 0. The third-order valence-electron chi connectivity index (χ3n) is 2.63. The van der Waals surface area contributed by atoms with Gasteiger partial charge in [0.15, 0.2) is 0 Å². The molecular formula is C15H31N2O3P. The third kappa shape index (κ3) is 10.2. The van der Waals surface area contributed by atoms with Gasteiger partial charge in [0, 0.05) is 25.3 Å². The average Bonchev–Trinajstić information content (AvgIpc) is 2.41. The van der Waals surface area contributed by atoms with E-state index in [2.05, 4.69) is 44.1 Å². The van der Waals surface area contributed by atoms with Gasteiger partial charge in [-0.2, -0.15) is 0 Å². The summed E-state index contributed by atoms with van der Waals surface area (Å²) in [5.74, 6) is 0. The van der Waals surface area contributed by atoms with Crippen LogP contribution in [0.15, 0.2) is 0 Å². The maximum atomic E-state index is 6.84. The molecule has 0 rings (SSSR count). The summed E-state index contributed by atoms with van der Waals surface area (Å²) in [6, 6.07) is 0.695. The monoisotopic (exact) mass is 318 g/mol. The van der Waals surface area contributed by atoms with Crippen molar-refractivity contribution < 1.29 is 13.8 Å². The van der Waals surface area contributed by atoms with Gasteiger partial charge < -0.3 is 18.6 Å². The second-order valence-electron chi connectivity index (χ2n) is 5.32. The Hall–Kier alpha value is -0.240. The summed E-state index contributed by atoms with van der Waals surface area (Å²) in [7, 11) is -1.10. The maximum Gasteiger partial charge on any atom is 0.259 e. The molecule has 0 saturated carbocycles. The normalized spacial score (nSPS) is 13.1. The van der Waals surface area contributed by atoms with Crippen LogP contribution >= 0.6 is 8.53 Å². The predicted octanol–water partition coefficient (Wildman–Crippen LogP) is 4.10. The molecule has 0 aliphatic heterocycles. The molecule has 0 aromatic carbocycles. The fourth-order valence-corrected chi connectivity index (χ4v) is 3.48. The molecule has 0 spiro atoms. The lowest BCUT2D eigenvalue weighted by Gasteiger charge is -2.35. The van der Waals surface area contributed by atoms with Crippen LogP contribution in [-0.2, 0) is 13.8 Å². The smallest absolute Gasteiger partial charge is 0.259 e. The average molecular weight is 318 g/mol. The minimum atomic E-state index is -1.10. The van der Waals surface area contributed by atoms with Gasteiger partial charge in [0.2, 0.25) is 6.54 Å². The van der Waals surface area contributed by atoms with Gasteiger partial charge in [0.05, 0.1) is 6.61 Å². The van der Waals surface area contributed by atoms with Gasteiger partial charge in [-0.15, -0.1) is 0 Å². The maximum absolute atomic E-state index is 6.84. The first-order valence-corrected chi connectivity index (χ1v) is 8.92. The molecule has 124 valence electrons. The van der Waals surface area contributed by atoms with Crippen molar-refractivity contribution in [2.45, 2.75) is 59.5 Å². The van der Waals surface area contributed by atoms with Crippen molar-refractivity contribution in [1.82, 2.24) is 4.67 Å². The molecule has 0 aromatic rings. The largest absolute Gasteiger partial charge is 0.381 e. The van der Waals surface area contributed by atoms with Crippen LogP contribution in [0.25, 0.3) is 4.85 Å². The summed E-state index contributed by atoms with van der Waals surface area (Å²) >= 11 is 0. The quantitative estimate of drug-likeness (QED) is 0.291. The summed E-state index contributed by atoms with van der Waals surface area (Å²) < 4.78 is 19.4. The summed E-state index contributed by atoms with van der Waals surface area (Å²) in [4.78, 5) is 3.33. The summed E-state index contributed by atoms with van der Waals surface area (Å²) in [5, 5.41) is 0. The van der Waals surface area contributed by atoms with Crippen molar-refractivity contribution in [3.8, 4) is 0 Å². The lowest BCUT2D eigenvalue weighted by molar-refractivity contribution is 0.113. The van der Waals surface area contributed by atoms with Crippen LogP contribution in [0.5, 0.6) is 0 Å². The molecular weight excluding hydrogens is 287 g/mol. The topological polar surface area (TPSA) is 35.3 Å². The van der Waals surface area contributed by atoms with E-state index in [9.17, 15) is 0 Å². The lowest BCUT2D eigenvalue weighted by Crippen LogP contribution is -2.33. The molecule has 0 fully saturated rings. The number of rotatable bonds is 13. The molecule has 0 amide bonds. The van der Waals surface area contributed by atoms with Crippen molar-refractivity contribution in [3.05, 3.63) is 11.4 Å². The van der Waals surface area contributed by atoms with Gasteiger partial charge in [0.1, 0.15) is 6.61 Å². The van der Waals surface area contributed by atoms with Crippen LogP contribution in [-0.4, -0.2) is 49.7 Å². The van der Waals surface area contributed by atoms with Gasteiger partial charge in [-0.1, -0.05) is 6.92 Å². The number of nitrogens with zero attached hydrogens (tertiary/aromatic N) is 2. The van der Waals surface area contributed by atoms with Crippen LogP contribution in [0.2, 0.25) is 0 Å². The molecule has 0 aliphatic carbocycles. The molecule has 21 heavy (non-hydrogen) atoms. The molecule has 0 aromatic heterocycles. The fourth-order valence-electron chi connectivity index (χ4n) is 1.86. The van der Waals surface area contributed by atoms with E-state index in [-0.39, 0.29) is 0 Å². The van der Waals surface area contributed by atoms with Crippen molar-refractivity contribution in [3.63, 3.8) is 0 Å². The minimum absolute atomic E-state index is 0.348. The van der Waals surface area contributed by atoms with Crippen LogP contribution < -0.4 is 0 Å². The second-order valence-corrected chi connectivity index (χ2v) is 6.77. The van der Waals surface area contributed by atoms with E-state index in [0.29, 0.717) is 31.8 Å². The Morgan fingerprint density at radius 1 is 1.00 bits per heavy atom. The molecule has 0 heterocycles. The van der Waals surface area contributed by atoms with Gasteiger partial charge in [-0.05, 0) is 40.5 Å². The van der Waals surface area contributed by atoms with Crippen molar-refractivity contribution in [2.24, 2.45) is 0 Å². The van der Waals surface area contributed by atoms with Crippen molar-refractivity contribution in [2.75, 3.05) is 33.0 Å². The molecule has 5 nitrogen and oxygen atoms in total. The van der Waals surface area contributed by atoms with Gasteiger partial charge in [-0.25, -0.2) is 11.2 Å². The fraction of sp³-hybridized carbons (Fsp3) is 0.933. The first-order valence-electron chi connectivity index (χ1n) is 7.79. The zero-order valence-electron chi connectivity index (χ0n) is 14.2. The Kier molecular flexibility index (Phi) is 13.3. The Balaban J connectivity index is 4.27. The summed E-state index contributed by atoms with van der Waals surface area (Å²) in [6.45, 7) is 20.5. The zero-order valence-corrected chi connectivity index (χ0v) is 15.1. The molecule has 6 heteroatoms. The standard InChI is InChI=1S/C15H31N2O3P/c1-7-10-18-11-8-12-19-21(20-13-9-16-6)17(14(2)3)15(4)5/h14-15H,7-13H2,1-5H3. The van der Waals surface area contributed by atoms with E-state index in [1.165, 1.54) is 0 Å². The highest BCUT2D eigenvalue weighted by molar-refractivity contribution is 7.44. The van der Waals surface area contributed by atoms with Gasteiger partial charge >= 0.3 is 0 Å². The summed E-state index contributed by atoms with van der Waals surface area (Å²) in [6.07, 6.45) is 1.91. The zero-order chi connectivity index (χ0) is 16.1. The lowest BCUT2D eigenvalue weighted by atomic mass is 10.3. The van der Waals surface area contributed by atoms with Gasteiger partial charge in [0.25, 0.3) is 8.53 Å². The van der Waals surface area contributed by atoms with Gasteiger partial charge in [-0.3, -0.25) is 0 Å². The number of hydrogen-bond acceptors (Lipinski definition) is 4. The van der Waals surface area contributed by atoms with E-state index in [1.807, 2.05) is 0 Å². The van der Waals surface area contributed by atoms with Crippen LogP contribution in [0.4, 0.5) is 0 Å². The van der Waals surface area contributed by atoms with Crippen LogP contribution in [0.1, 0.15) is 47.5 Å². The molecule has 1 unspecified atom stereocenters. The van der Waals surface area contributed by atoms with E-state index in [0.717, 1.165) is 26.1 Å². The molecule has 1 atom stereocenters. The first kappa shape index (κ1) is 20.8. The number of ether oxygens (including phenoxy) is 1. The van der Waals surface area contributed by atoms with E-state index in [4.69, 9.17) is 20.4 Å². The van der Waals surface area contributed by atoms with Crippen LogP contribution in [0, 0.1) is 6.57 Å². The Morgan fingerprint density at radius 3 is 2.14 bits per heavy atom. The molecule has 0 saturated heterocycles. The highest BCUT2D eigenvalue weighted by Crippen LogP contribution is 2.45. The minimum Gasteiger partial charge on any atom is -0.381 e. The van der Waals surface area contributed by atoms with Crippen LogP contribution in [0.3, 0.4) is 0 Å². The van der Waals surface area contributed by atoms with Crippen molar-refractivity contribution in [1.29, 1.82) is 0 Å². The van der Waals surface area contributed by atoms with E-state index >= 15 is 0 Å². The Bertz CT molecular complexity index is 275. The van der Waals surface area contributed by atoms with E-state index in [1.54, 1.807) is 0 Å². The third-order valence-corrected chi connectivity index (χ3v) is 4.74. The molecule has 0 aliphatic rings. The Morgan fingerprint density at radius 2 is 1.62 bits per heavy atom. The number of hydrogen-bond donors (Lipinski definition) is 0. The molecule has 0 radical (unpaired) electrons. The highest BCUT2D eigenvalue weighted by Gasteiger charge is 2.27. The molecule has 0 N–H and O–H groups in total. The SMILES string of the molecule is [C-]#[N+]CCOP(OCCCOCCC)N(C(C)C)C(C)C. The predicted molar refractivity (Wildman–Crippen MR) is 88.1 cm³/mol. The first-order chi connectivity index (χ1) is 10.0.